The van der Waals surface area contributed by atoms with E-state index in [0.29, 0.717) is 29.5 Å². The molecule has 0 unspecified atom stereocenters. The second-order valence-corrected chi connectivity index (χ2v) is 10.4. The summed E-state index contributed by atoms with van der Waals surface area (Å²) in [5.41, 5.74) is 2.06. The third-order valence-electron chi connectivity index (χ3n) is 6.08. The fourth-order valence-electron chi connectivity index (χ4n) is 4.05. The lowest BCUT2D eigenvalue weighted by molar-refractivity contribution is 0.126. The number of nitrogens with zero attached hydrogens (tertiary/aromatic N) is 4. The van der Waals surface area contributed by atoms with Crippen LogP contribution in [0.15, 0.2) is 35.5 Å². The lowest BCUT2D eigenvalue weighted by Crippen LogP contribution is -2.29. The van der Waals surface area contributed by atoms with Crippen molar-refractivity contribution in [1.82, 2.24) is 24.2 Å². The van der Waals surface area contributed by atoms with Crippen LogP contribution in [-0.2, 0) is 16.6 Å². The lowest BCUT2D eigenvalue weighted by Gasteiger charge is -2.26. The molecule has 4 N–H and O–H groups in total. The predicted molar refractivity (Wildman–Crippen MR) is 133 cm³/mol. The summed E-state index contributed by atoms with van der Waals surface area (Å²) in [6.07, 6.45) is 6.48. The van der Waals surface area contributed by atoms with Crippen molar-refractivity contribution in [2.75, 3.05) is 17.2 Å². The number of sulfonamides is 1. The Bertz CT molecular complexity index is 1200. The maximum Gasteiger partial charge on any atom is 0.240 e. The number of aliphatic hydroxyl groups excluding tert-OH is 1. The van der Waals surface area contributed by atoms with Crippen LogP contribution in [0.2, 0.25) is 0 Å². The second kappa shape index (κ2) is 10.7. The van der Waals surface area contributed by atoms with Gasteiger partial charge < -0.3 is 20.3 Å². The Morgan fingerprint density at radius 3 is 2.50 bits per heavy atom. The third kappa shape index (κ3) is 5.65. The largest absolute Gasteiger partial charge is 0.393 e. The molecule has 10 nitrogen and oxygen atoms in total. The SMILES string of the molecule is CCCCNS(=O)(=O)c1ccc(Nc2nc(NC3CCC(O)CC3)nc3c2ncn3CC)cc1. The number of aliphatic hydroxyl groups is 1. The van der Waals surface area contributed by atoms with Crippen molar-refractivity contribution >= 4 is 38.6 Å². The first-order chi connectivity index (χ1) is 16.4. The summed E-state index contributed by atoms with van der Waals surface area (Å²) in [5, 5.41) is 16.5. The number of hydrogen-bond donors (Lipinski definition) is 4. The van der Waals surface area contributed by atoms with Gasteiger partial charge in [0.25, 0.3) is 0 Å². The average molecular weight is 488 g/mol. The van der Waals surface area contributed by atoms with Gasteiger partial charge in [0.2, 0.25) is 16.0 Å². The zero-order valence-corrected chi connectivity index (χ0v) is 20.5. The molecule has 0 aliphatic heterocycles. The highest BCUT2D eigenvalue weighted by Gasteiger charge is 2.21. The van der Waals surface area contributed by atoms with Crippen LogP contribution in [-0.4, -0.2) is 51.7 Å². The highest BCUT2D eigenvalue weighted by molar-refractivity contribution is 7.89. The first kappa shape index (κ1) is 24.4. The molecule has 3 aromatic rings. The van der Waals surface area contributed by atoms with Crippen molar-refractivity contribution in [3.8, 4) is 0 Å². The van der Waals surface area contributed by atoms with Gasteiger partial charge in [-0.2, -0.15) is 9.97 Å². The Balaban J connectivity index is 1.56. The van der Waals surface area contributed by atoms with E-state index < -0.39 is 10.0 Å². The van der Waals surface area contributed by atoms with Crippen LogP contribution in [0.3, 0.4) is 0 Å². The summed E-state index contributed by atoms with van der Waals surface area (Å²) in [4.78, 5) is 14.1. The number of imidazole rings is 1. The average Bonchev–Trinajstić information content (AvgIpc) is 3.24. The van der Waals surface area contributed by atoms with Crippen molar-refractivity contribution in [2.45, 2.75) is 76.0 Å². The zero-order chi connectivity index (χ0) is 24.1. The molecular formula is C23H33N7O3S. The molecule has 0 radical (unpaired) electrons. The smallest absolute Gasteiger partial charge is 0.240 e. The fourth-order valence-corrected chi connectivity index (χ4v) is 5.13. The minimum atomic E-state index is -3.53. The molecule has 0 atom stereocenters. The van der Waals surface area contributed by atoms with E-state index in [2.05, 4.69) is 25.3 Å². The maximum atomic E-state index is 12.5. The van der Waals surface area contributed by atoms with Gasteiger partial charge in [-0.25, -0.2) is 18.1 Å². The molecule has 1 aliphatic carbocycles. The molecule has 34 heavy (non-hydrogen) atoms. The van der Waals surface area contributed by atoms with Crippen LogP contribution < -0.4 is 15.4 Å². The zero-order valence-electron chi connectivity index (χ0n) is 19.7. The monoisotopic (exact) mass is 487 g/mol. The standard InChI is InChI=1S/C23H33N7O3S/c1-3-5-14-25-34(32,33)19-12-8-16(9-13-19)26-21-20-22(30(4-2)15-24-20)29-23(28-21)27-17-6-10-18(31)11-7-17/h8-9,12-13,15,17-18,25,31H,3-7,10-11,14H2,1-2H3,(H2,26,27,28,29). The Morgan fingerprint density at radius 1 is 1.09 bits per heavy atom. The highest BCUT2D eigenvalue weighted by Crippen LogP contribution is 2.27. The van der Waals surface area contributed by atoms with Gasteiger partial charge in [0.05, 0.1) is 17.3 Å². The number of anilines is 3. The summed E-state index contributed by atoms with van der Waals surface area (Å²) in [6.45, 7) is 5.19. The number of fused-ring (bicyclic) bond motifs is 1. The Hall–Kier alpha value is -2.76. The van der Waals surface area contributed by atoms with E-state index in [1.54, 1.807) is 30.6 Å². The van der Waals surface area contributed by atoms with E-state index in [1.165, 1.54) is 0 Å². The van der Waals surface area contributed by atoms with Gasteiger partial charge in [0.1, 0.15) is 0 Å². The first-order valence-electron chi connectivity index (χ1n) is 11.9. The maximum absolute atomic E-state index is 12.5. The molecule has 0 bridgehead atoms. The van der Waals surface area contributed by atoms with Gasteiger partial charge >= 0.3 is 0 Å². The first-order valence-corrected chi connectivity index (χ1v) is 13.4. The number of nitrogens with one attached hydrogen (secondary N) is 3. The van der Waals surface area contributed by atoms with E-state index in [4.69, 9.17) is 4.98 Å². The van der Waals surface area contributed by atoms with E-state index >= 15 is 0 Å². The summed E-state index contributed by atoms with van der Waals surface area (Å²) < 4.78 is 29.5. The van der Waals surface area contributed by atoms with Gasteiger partial charge in [0, 0.05) is 24.8 Å². The summed E-state index contributed by atoms with van der Waals surface area (Å²) >= 11 is 0. The Morgan fingerprint density at radius 2 is 1.82 bits per heavy atom. The second-order valence-electron chi connectivity index (χ2n) is 8.65. The topological polar surface area (TPSA) is 134 Å². The summed E-state index contributed by atoms with van der Waals surface area (Å²) in [5.74, 6) is 1.05. The molecule has 1 saturated carbocycles. The van der Waals surface area contributed by atoms with E-state index in [-0.39, 0.29) is 17.0 Å². The van der Waals surface area contributed by atoms with Crippen LogP contribution in [0.5, 0.6) is 0 Å². The minimum Gasteiger partial charge on any atom is -0.393 e. The Kier molecular flexibility index (Phi) is 7.64. The van der Waals surface area contributed by atoms with Crippen LogP contribution in [0.4, 0.5) is 17.5 Å². The molecule has 2 heterocycles. The molecule has 0 amide bonds. The number of benzene rings is 1. The molecule has 0 spiro atoms. The van der Waals surface area contributed by atoms with Crippen LogP contribution >= 0.6 is 0 Å². The number of aromatic nitrogens is 4. The van der Waals surface area contributed by atoms with Crippen LogP contribution in [0.1, 0.15) is 52.4 Å². The van der Waals surface area contributed by atoms with Gasteiger partial charge in [-0.1, -0.05) is 13.3 Å². The number of hydrogen-bond acceptors (Lipinski definition) is 8. The molecular weight excluding hydrogens is 454 g/mol. The highest BCUT2D eigenvalue weighted by atomic mass is 32.2. The van der Waals surface area contributed by atoms with Crippen molar-refractivity contribution in [3.05, 3.63) is 30.6 Å². The molecule has 11 heteroatoms. The molecule has 184 valence electrons. The van der Waals surface area contributed by atoms with Gasteiger partial charge in [-0.05, 0) is 63.3 Å². The molecule has 0 saturated heterocycles. The van der Waals surface area contributed by atoms with Gasteiger partial charge in [-0.15, -0.1) is 0 Å². The van der Waals surface area contributed by atoms with E-state index in [0.717, 1.165) is 50.7 Å². The number of aryl methyl sites for hydroxylation is 1. The Labute approximate surface area is 200 Å². The van der Waals surface area contributed by atoms with Crippen molar-refractivity contribution in [3.63, 3.8) is 0 Å². The molecule has 1 fully saturated rings. The predicted octanol–water partition coefficient (Wildman–Crippen LogP) is 3.38. The van der Waals surface area contributed by atoms with Gasteiger partial charge in [-0.3, -0.25) is 0 Å². The van der Waals surface area contributed by atoms with Gasteiger partial charge in [0.15, 0.2) is 17.0 Å². The van der Waals surface area contributed by atoms with Crippen molar-refractivity contribution < 1.29 is 13.5 Å². The van der Waals surface area contributed by atoms with Crippen LogP contribution in [0, 0.1) is 0 Å². The fraction of sp³-hybridized carbons (Fsp3) is 0.522. The number of rotatable bonds is 10. The summed E-state index contributed by atoms with van der Waals surface area (Å²) in [6, 6.07) is 6.79. The van der Waals surface area contributed by atoms with Crippen molar-refractivity contribution in [1.29, 1.82) is 0 Å². The molecule has 2 aromatic heterocycles. The van der Waals surface area contributed by atoms with E-state index in [9.17, 15) is 13.5 Å². The van der Waals surface area contributed by atoms with E-state index in [1.807, 2.05) is 18.4 Å². The quantitative estimate of drug-likeness (QED) is 0.320. The minimum absolute atomic E-state index is 0.205. The van der Waals surface area contributed by atoms with Crippen LogP contribution in [0.25, 0.3) is 11.2 Å². The molecule has 4 rings (SSSR count). The lowest BCUT2D eigenvalue weighted by atomic mass is 9.93. The summed E-state index contributed by atoms with van der Waals surface area (Å²) in [7, 11) is -3.53. The molecule has 1 aromatic carbocycles. The normalized spacial score (nSPS) is 18.8. The number of unbranched alkanes of at least 4 members (excludes halogenated alkanes) is 1. The molecule has 1 aliphatic rings. The van der Waals surface area contributed by atoms with Crippen molar-refractivity contribution in [2.24, 2.45) is 0 Å². The third-order valence-corrected chi connectivity index (χ3v) is 7.56.